The number of aryl methyl sites for hydroxylation is 2. The molecule has 1 fully saturated rings. The lowest BCUT2D eigenvalue weighted by atomic mass is 10.1. The summed E-state index contributed by atoms with van der Waals surface area (Å²) in [6.45, 7) is 8.68. The Hall–Kier alpha value is -1.06. The number of likely N-dealkylation sites (N-methyl/N-ethyl adjacent to an activating group) is 1. The topological polar surface area (TPSA) is 26.7 Å². The van der Waals surface area contributed by atoms with Crippen LogP contribution in [-0.2, 0) is 0 Å². The Morgan fingerprint density at radius 2 is 1.84 bits per heavy atom. The van der Waals surface area contributed by atoms with Gasteiger partial charge in [0.1, 0.15) is 0 Å². The van der Waals surface area contributed by atoms with Crippen LogP contribution in [-0.4, -0.2) is 48.8 Å². The maximum atomic E-state index is 9.72. The smallest absolute Gasteiger partial charge is 0.0647 e. The maximum absolute atomic E-state index is 9.72. The van der Waals surface area contributed by atoms with Crippen molar-refractivity contribution < 1.29 is 5.11 Å². The summed E-state index contributed by atoms with van der Waals surface area (Å²) in [5.41, 5.74) is 3.83. The first-order valence-corrected chi connectivity index (χ1v) is 7.17. The van der Waals surface area contributed by atoms with Crippen LogP contribution in [0.2, 0.25) is 0 Å². The summed E-state index contributed by atoms with van der Waals surface area (Å²) in [7, 11) is 2.15. The van der Waals surface area contributed by atoms with Gasteiger partial charge in [0.15, 0.2) is 0 Å². The van der Waals surface area contributed by atoms with Crippen LogP contribution in [0.5, 0.6) is 0 Å². The van der Waals surface area contributed by atoms with E-state index >= 15 is 0 Å². The van der Waals surface area contributed by atoms with Crippen molar-refractivity contribution in [1.29, 1.82) is 0 Å². The highest BCUT2D eigenvalue weighted by Gasteiger charge is 2.26. The molecule has 1 aromatic rings. The van der Waals surface area contributed by atoms with Crippen molar-refractivity contribution in [3.63, 3.8) is 0 Å². The van der Waals surface area contributed by atoms with Crippen molar-refractivity contribution in [1.82, 2.24) is 4.90 Å². The molecule has 0 bridgehead atoms. The van der Waals surface area contributed by atoms with Gasteiger partial charge in [-0.3, -0.25) is 0 Å². The zero-order valence-electron chi connectivity index (χ0n) is 12.6. The van der Waals surface area contributed by atoms with Crippen LogP contribution in [0, 0.1) is 13.8 Å². The van der Waals surface area contributed by atoms with Crippen LogP contribution in [0.15, 0.2) is 18.2 Å². The van der Waals surface area contributed by atoms with E-state index in [-0.39, 0.29) is 12.6 Å². The fourth-order valence-electron chi connectivity index (χ4n) is 2.95. The number of hydrogen-bond donors (Lipinski definition) is 1. The van der Waals surface area contributed by atoms with Gasteiger partial charge in [0.2, 0.25) is 0 Å². The first-order valence-electron chi connectivity index (χ1n) is 7.17. The molecule has 0 spiro atoms. The molecule has 0 radical (unpaired) electrons. The van der Waals surface area contributed by atoms with E-state index < -0.39 is 0 Å². The highest BCUT2D eigenvalue weighted by Crippen LogP contribution is 2.24. The standard InChI is InChI=1S/C16H26N2O/c1-12-7-13(2)9-15(8-12)18-6-5-14(3)17(4)10-16(18)11-19/h7-9,14,16,19H,5-6,10-11H2,1-4H3. The lowest BCUT2D eigenvalue weighted by Gasteiger charge is -2.32. The number of aliphatic hydroxyl groups is 1. The molecular formula is C16H26N2O. The minimum Gasteiger partial charge on any atom is -0.394 e. The van der Waals surface area contributed by atoms with Crippen molar-refractivity contribution in [3.05, 3.63) is 29.3 Å². The van der Waals surface area contributed by atoms with Crippen LogP contribution < -0.4 is 4.90 Å². The molecule has 0 aliphatic carbocycles. The average molecular weight is 262 g/mol. The Labute approximate surface area is 116 Å². The summed E-state index contributed by atoms with van der Waals surface area (Å²) >= 11 is 0. The predicted octanol–water partition coefficient (Wildman–Crippen LogP) is 2.19. The van der Waals surface area contributed by atoms with Crippen molar-refractivity contribution in [2.45, 2.75) is 39.3 Å². The van der Waals surface area contributed by atoms with Crippen LogP contribution in [0.3, 0.4) is 0 Å². The molecule has 19 heavy (non-hydrogen) atoms. The monoisotopic (exact) mass is 262 g/mol. The Bertz CT molecular complexity index is 413. The van der Waals surface area contributed by atoms with E-state index in [4.69, 9.17) is 0 Å². The molecule has 2 unspecified atom stereocenters. The Morgan fingerprint density at radius 3 is 2.42 bits per heavy atom. The second-order valence-electron chi connectivity index (χ2n) is 5.95. The molecule has 0 amide bonds. The number of benzene rings is 1. The number of aliphatic hydroxyl groups excluding tert-OH is 1. The quantitative estimate of drug-likeness (QED) is 0.885. The van der Waals surface area contributed by atoms with E-state index in [9.17, 15) is 5.11 Å². The van der Waals surface area contributed by atoms with E-state index in [1.807, 2.05) is 0 Å². The third-order valence-electron chi connectivity index (χ3n) is 4.23. The molecule has 106 valence electrons. The minimum absolute atomic E-state index is 0.191. The van der Waals surface area contributed by atoms with Gasteiger partial charge in [-0.25, -0.2) is 0 Å². The molecule has 3 heteroatoms. The van der Waals surface area contributed by atoms with Gasteiger partial charge in [-0.1, -0.05) is 6.07 Å². The first kappa shape index (κ1) is 14.4. The first-order chi connectivity index (χ1) is 9.01. The number of nitrogens with zero attached hydrogens (tertiary/aromatic N) is 2. The van der Waals surface area contributed by atoms with Gasteiger partial charge in [0.25, 0.3) is 0 Å². The van der Waals surface area contributed by atoms with Crippen molar-refractivity contribution >= 4 is 5.69 Å². The van der Waals surface area contributed by atoms with Crippen LogP contribution in [0.25, 0.3) is 0 Å². The summed E-state index contributed by atoms with van der Waals surface area (Å²) in [4.78, 5) is 4.73. The Kier molecular flexibility index (Phi) is 4.48. The van der Waals surface area contributed by atoms with E-state index in [0.29, 0.717) is 6.04 Å². The average Bonchev–Trinajstić information content (AvgIpc) is 2.48. The van der Waals surface area contributed by atoms with Crippen LogP contribution >= 0.6 is 0 Å². The SMILES string of the molecule is Cc1cc(C)cc(N2CCC(C)N(C)CC2CO)c1. The second kappa shape index (κ2) is 5.93. The highest BCUT2D eigenvalue weighted by atomic mass is 16.3. The lowest BCUT2D eigenvalue weighted by molar-refractivity contribution is 0.206. The lowest BCUT2D eigenvalue weighted by Crippen LogP contribution is -2.43. The van der Waals surface area contributed by atoms with Gasteiger partial charge in [-0.2, -0.15) is 0 Å². The molecule has 0 aromatic heterocycles. The van der Waals surface area contributed by atoms with Gasteiger partial charge >= 0.3 is 0 Å². The van der Waals surface area contributed by atoms with Gasteiger partial charge in [0, 0.05) is 24.8 Å². The van der Waals surface area contributed by atoms with E-state index in [2.05, 4.69) is 55.8 Å². The molecule has 1 aliphatic rings. The van der Waals surface area contributed by atoms with Gasteiger partial charge in [0.05, 0.1) is 12.6 Å². The van der Waals surface area contributed by atoms with Crippen LogP contribution in [0.4, 0.5) is 5.69 Å². The third-order valence-corrected chi connectivity index (χ3v) is 4.23. The van der Waals surface area contributed by atoms with Gasteiger partial charge in [-0.15, -0.1) is 0 Å². The zero-order valence-corrected chi connectivity index (χ0v) is 12.6. The van der Waals surface area contributed by atoms with Crippen molar-refractivity contribution in [2.24, 2.45) is 0 Å². The summed E-state index contributed by atoms with van der Waals surface area (Å²) in [6.07, 6.45) is 1.14. The summed E-state index contributed by atoms with van der Waals surface area (Å²) < 4.78 is 0. The maximum Gasteiger partial charge on any atom is 0.0647 e. The second-order valence-corrected chi connectivity index (χ2v) is 5.95. The minimum atomic E-state index is 0.191. The van der Waals surface area contributed by atoms with Crippen molar-refractivity contribution in [2.75, 3.05) is 31.6 Å². The van der Waals surface area contributed by atoms with E-state index in [1.165, 1.54) is 16.8 Å². The largest absolute Gasteiger partial charge is 0.394 e. The molecule has 1 aromatic carbocycles. The summed E-state index contributed by atoms with van der Waals surface area (Å²) in [5.74, 6) is 0. The van der Waals surface area contributed by atoms with E-state index in [0.717, 1.165) is 19.5 Å². The Balaban J connectivity index is 2.29. The number of rotatable bonds is 2. The molecule has 1 N–H and O–H groups in total. The molecule has 2 rings (SSSR count). The number of anilines is 1. The van der Waals surface area contributed by atoms with Crippen LogP contribution in [0.1, 0.15) is 24.5 Å². The molecule has 1 heterocycles. The molecule has 1 aliphatic heterocycles. The van der Waals surface area contributed by atoms with Gasteiger partial charge in [-0.05, 0) is 57.5 Å². The summed E-state index contributed by atoms with van der Waals surface area (Å²) in [6, 6.07) is 7.42. The third kappa shape index (κ3) is 3.28. The molecular weight excluding hydrogens is 236 g/mol. The fourth-order valence-corrected chi connectivity index (χ4v) is 2.95. The molecule has 0 saturated carbocycles. The van der Waals surface area contributed by atoms with Crippen molar-refractivity contribution in [3.8, 4) is 0 Å². The zero-order chi connectivity index (χ0) is 14.0. The molecule has 2 atom stereocenters. The fraction of sp³-hybridized carbons (Fsp3) is 0.625. The highest BCUT2D eigenvalue weighted by molar-refractivity contribution is 5.52. The number of hydrogen-bond acceptors (Lipinski definition) is 3. The van der Waals surface area contributed by atoms with Gasteiger partial charge < -0.3 is 14.9 Å². The summed E-state index contributed by atoms with van der Waals surface area (Å²) in [5, 5.41) is 9.72. The Morgan fingerprint density at radius 1 is 1.21 bits per heavy atom. The normalized spacial score (nSPS) is 25.4. The molecule has 1 saturated heterocycles. The molecule has 3 nitrogen and oxygen atoms in total. The van der Waals surface area contributed by atoms with E-state index in [1.54, 1.807) is 0 Å². The predicted molar refractivity (Wildman–Crippen MR) is 80.8 cm³/mol.